The van der Waals surface area contributed by atoms with Crippen LogP contribution in [-0.4, -0.2) is 44.8 Å². The Kier molecular flexibility index (Phi) is 4.47. The van der Waals surface area contributed by atoms with Crippen molar-refractivity contribution in [3.63, 3.8) is 0 Å². The molecule has 0 spiro atoms. The van der Waals surface area contributed by atoms with Gasteiger partial charge < -0.3 is 16.0 Å². The number of nitrogens with one attached hydrogen (secondary N) is 1. The van der Waals surface area contributed by atoms with Gasteiger partial charge in [0.05, 0.1) is 23.6 Å². The number of rotatable bonds is 4. The standard InChI is InChI=1S/C16H25N7/c1-11-15(17)16(21-12(2)20-11)18-8-13-9-19-23(10-13)14-4-6-22(3)7-5-14/h9-10,14H,4-8,17H2,1-3H3,(H,18,20,21). The van der Waals surface area contributed by atoms with Crippen LogP contribution in [0.4, 0.5) is 11.5 Å². The Morgan fingerprint density at radius 2 is 2.00 bits per heavy atom. The second kappa shape index (κ2) is 6.54. The predicted molar refractivity (Wildman–Crippen MR) is 91.2 cm³/mol. The first-order valence-electron chi connectivity index (χ1n) is 8.09. The Labute approximate surface area is 136 Å². The zero-order valence-corrected chi connectivity index (χ0v) is 14.1. The molecule has 3 rings (SSSR count). The topological polar surface area (TPSA) is 84.9 Å². The summed E-state index contributed by atoms with van der Waals surface area (Å²) in [4.78, 5) is 11.0. The van der Waals surface area contributed by atoms with E-state index in [1.54, 1.807) is 0 Å². The smallest absolute Gasteiger partial charge is 0.153 e. The van der Waals surface area contributed by atoms with Crippen molar-refractivity contribution >= 4 is 11.5 Å². The molecule has 23 heavy (non-hydrogen) atoms. The van der Waals surface area contributed by atoms with Crippen molar-refractivity contribution in [1.29, 1.82) is 0 Å². The molecule has 1 saturated heterocycles. The number of nitrogens with two attached hydrogens (primary N) is 1. The molecule has 3 N–H and O–H groups in total. The molecular weight excluding hydrogens is 290 g/mol. The van der Waals surface area contributed by atoms with Crippen LogP contribution in [0.2, 0.25) is 0 Å². The summed E-state index contributed by atoms with van der Waals surface area (Å²) in [7, 11) is 2.17. The molecule has 2 aromatic heterocycles. The Hall–Kier alpha value is -2.15. The molecule has 124 valence electrons. The Morgan fingerprint density at radius 1 is 1.26 bits per heavy atom. The van der Waals surface area contributed by atoms with Gasteiger partial charge in [-0.2, -0.15) is 5.10 Å². The third kappa shape index (κ3) is 3.61. The molecule has 0 saturated carbocycles. The predicted octanol–water partition coefficient (Wildman–Crippen LogP) is 1.75. The van der Waals surface area contributed by atoms with Crippen LogP contribution in [0.3, 0.4) is 0 Å². The van der Waals surface area contributed by atoms with Gasteiger partial charge in [-0.25, -0.2) is 9.97 Å². The lowest BCUT2D eigenvalue weighted by Gasteiger charge is -2.28. The second-order valence-corrected chi connectivity index (χ2v) is 6.34. The van der Waals surface area contributed by atoms with E-state index >= 15 is 0 Å². The molecule has 0 radical (unpaired) electrons. The van der Waals surface area contributed by atoms with Crippen molar-refractivity contribution in [2.45, 2.75) is 39.3 Å². The molecule has 7 nitrogen and oxygen atoms in total. The molecule has 0 aromatic carbocycles. The third-order valence-electron chi connectivity index (χ3n) is 4.43. The SMILES string of the molecule is Cc1nc(C)c(N)c(NCc2cnn(C3CCN(C)CC3)c2)n1. The van der Waals surface area contributed by atoms with Crippen molar-refractivity contribution < 1.29 is 0 Å². The van der Waals surface area contributed by atoms with Crippen molar-refractivity contribution in [3.05, 3.63) is 29.5 Å². The normalized spacial score (nSPS) is 16.7. The zero-order valence-electron chi connectivity index (χ0n) is 14.1. The molecule has 1 fully saturated rings. The summed E-state index contributed by atoms with van der Waals surface area (Å²) in [6.07, 6.45) is 6.35. The van der Waals surface area contributed by atoms with Gasteiger partial charge in [0.1, 0.15) is 5.82 Å². The average Bonchev–Trinajstić information content (AvgIpc) is 2.99. The van der Waals surface area contributed by atoms with Crippen molar-refractivity contribution in [1.82, 2.24) is 24.6 Å². The van der Waals surface area contributed by atoms with E-state index in [4.69, 9.17) is 5.73 Å². The van der Waals surface area contributed by atoms with Crippen molar-refractivity contribution in [2.75, 3.05) is 31.2 Å². The lowest BCUT2D eigenvalue weighted by Crippen LogP contribution is -2.31. The van der Waals surface area contributed by atoms with Crippen LogP contribution in [0.5, 0.6) is 0 Å². The number of aromatic nitrogens is 4. The monoisotopic (exact) mass is 315 g/mol. The van der Waals surface area contributed by atoms with Crippen LogP contribution in [0.15, 0.2) is 12.4 Å². The van der Waals surface area contributed by atoms with Gasteiger partial charge in [-0.1, -0.05) is 0 Å². The first-order chi connectivity index (χ1) is 11.0. The van der Waals surface area contributed by atoms with Gasteiger partial charge in [0.2, 0.25) is 0 Å². The summed E-state index contributed by atoms with van der Waals surface area (Å²) in [6.45, 7) is 6.69. The number of nitrogens with zero attached hydrogens (tertiary/aromatic N) is 5. The van der Waals surface area contributed by atoms with E-state index < -0.39 is 0 Å². The number of hydrogen-bond donors (Lipinski definition) is 2. The van der Waals surface area contributed by atoms with Gasteiger partial charge in [-0.3, -0.25) is 4.68 Å². The number of nitrogen functional groups attached to an aromatic ring is 1. The van der Waals surface area contributed by atoms with Gasteiger partial charge >= 0.3 is 0 Å². The van der Waals surface area contributed by atoms with E-state index in [1.807, 2.05) is 20.0 Å². The van der Waals surface area contributed by atoms with E-state index in [2.05, 4.69) is 43.2 Å². The van der Waals surface area contributed by atoms with Crippen molar-refractivity contribution in [2.24, 2.45) is 0 Å². The molecule has 1 aliphatic rings. The Morgan fingerprint density at radius 3 is 2.74 bits per heavy atom. The second-order valence-electron chi connectivity index (χ2n) is 6.34. The largest absolute Gasteiger partial charge is 0.394 e. The van der Waals surface area contributed by atoms with Crippen LogP contribution in [0.1, 0.15) is 36.0 Å². The molecule has 1 aliphatic heterocycles. The summed E-state index contributed by atoms with van der Waals surface area (Å²) in [6, 6.07) is 0.508. The lowest BCUT2D eigenvalue weighted by molar-refractivity contribution is 0.212. The highest BCUT2D eigenvalue weighted by Crippen LogP contribution is 2.22. The lowest BCUT2D eigenvalue weighted by atomic mass is 10.1. The summed E-state index contributed by atoms with van der Waals surface area (Å²) in [5.74, 6) is 1.42. The minimum absolute atomic E-state index is 0.508. The van der Waals surface area contributed by atoms with E-state index in [0.29, 0.717) is 24.1 Å². The summed E-state index contributed by atoms with van der Waals surface area (Å²) in [5, 5.41) is 7.83. The van der Waals surface area contributed by atoms with Crippen LogP contribution in [-0.2, 0) is 6.54 Å². The highest BCUT2D eigenvalue weighted by molar-refractivity contribution is 5.63. The fourth-order valence-electron chi connectivity index (χ4n) is 2.97. The van der Waals surface area contributed by atoms with Gasteiger partial charge in [0.15, 0.2) is 5.82 Å². The molecule has 0 aliphatic carbocycles. The minimum atomic E-state index is 0.508. The molecule has 2 aromatic rings. The number of aryl methyl sites for hydroxylation is 2. The maximum absolute atomic E-state index is 6.04. The molecule has 0 atom stereocenters. The number of piperidine rings is 1. The minimum Gasteiger partial charge on any atom is -0.394 e. The molecule has 3 heterocycles. The van der Waals surface area contributed by atoms with Gasteiger partial charge in [-0.15, -0.1) is 0 Å². The first-order valence-corrected chi connectivity index (χ1v) is 8.09. The fourth-order valence-corrected chi connectivity index (χ4v) is 2.97. The summed E-state index contributed by atoms with van der Waals surface area (Å²) in [5.41, 5.74) is 8.59. The van der Waals surface area contributed by atoms with Gasteiger partial charge in [-0.05, 0) is 46.8 Å². The van der Waals surface area contributed by atoms with Crippen molar-refractivity contribution in [3.8, 4) is 0 Å². The Bertz CT molecular complexity index is 671. The van der Waals surface area contributed by atoms with Crippen LogP contribution in [0.25, 0.3) is 0 Å². The molecule has 0 amide bonds. The van der Waals surface area contributed by atoms with Crippen LogP contribution in [0, 0.1) is 13.8 Å². The fraction of sp³-hybridized carbons (Fsp3) is 0.562. The number of hydrogen-bond acceptors (Lipinski definition) is 6. The molecule has 0 unspecified atom stereocenters. The van der Waals surface area contributed by atoms with E-state index in [1.165, 1.54) is 0 Å². The van der Waals surface area contributed by atoms with Crippen LogP contribution >= 0.6 is 0 Å². The van der Waals surface area contributed by atoms with E-state index in [0.717, 1.165) is 43.0 Å². The molecule has 7 heteroatoms. The maximum atomic E-state index is 6.04. The first kappa shape index (κ1) is 15.7. The molecular formula is C16H25N7. The Balaban J connectivity index is 1.64. The highest BCUT2D eigenvalue weighted by atomic mass is 15.3. The molecule has 0 bridgehead atoms. The summed E-state index contributed by atoms with van der Waals surface area (Å²) >= 11 is 0. The highest BCUT2D eigenvalue weighted by Gasteiger charge is 2.18. The maximum Gasteiger partial charge on any atom is 0.153 e. The number of anilines is 2. The van der Waals surface area contributed by atoms with Crippen LogP contribution < -0.4 is 11.1 Å². The van der Waals surface area contributed by atoms with E-state index in [-0.39, 0.29) is 0 Å². The zero-order chi connectivity index (χ0) is 16.4. The van der Waals surface area contributed by atoms with Gasteiger partial charge in [0, 0.05) is 18.3 Å². The average molecular weight is 315 g/mol. The summed E-state index contributed by atoms with van der Waals surface area (Å²) < 4.78 is 2.10. The number of likely N-dealkylation sites (tertiary alicyclic amines) is 1. The third-order valence-corrected chi connectivity index (χ3v) is 4.43. The quantitative estimate of drug-likeness (QED) is 0.894. The van der Waals surface area contributed by atoms with E-state index in [9.17, 15) is 0 Å². The van der Waals surface area contributed by atoms with Gasteiger partial charge in [0.25, 0.3) is 0 Å².